The number of benzene rings is 8. The molecule has 2 aromatic heterocycles. The van der Waals surface area contributed by atoms with Crippen molar-refractivity contribution in [3.63, 3.8) is 0 Å². The fraction of sp³-hybridized carbons (Fsp3) is 0.0182. The zero-order chi connectivity index (χ0) is 38.2. The molecule has 8 aromatic carbocycles. The Morgan fingerprint density at radius 3 is 1.62 bits per heavy atom. The van der Waals surface area contributed by atoms with Crippen LogP contribution >= 0.6 is 11.3 Å². The van der Waals surface area contributed by atoms with Gasteiger partial charge in [0.15, 0.2) is 5.82 Å². The molecule has 0 amide bonds. The first-order valence-corrected chi connectivity index (χ1v) is 20.6. The first-order chi connectivity index (χ1) is 28.7. The minimum absolute atomic E-state index is 0.415. The van der Waals surface area contributed by atoms with Crippen LogP contribution in [0.3, 0.4) is 0 Å². The fourth-order valence-corrected chi connectivity index (χ4v) is 10.9. The number of thiophene rings is 1. The molecule has 0 unspecified atom stereocenters. The summed E-state index contributed by atoms with van der Waals surface area (Å²) in [5, 5.41) is 1.34. The van der Waals surface area contributed by atoms with Crippen molar-refractivity contribution in [2.75, 3.05) is 0 Å². The molecule has 0 atom stereocenters. The number of nitrogens with zero attached hydrogens (tertiary/aromatic N) is 2. The van der Waals surface area contributed by atoms with Crippen LogP contribution in [0, 0.1) is 0 Å². The lowest BCUT2D eigenvalue weighted by molar-refractivity contribution is 0.803. The van der Waals surface area contributed by atoms with Gasteiger partial charge in [-0.15, -0.1) is 11.3 Å². The van der Waals surface area contributed by atoms with Gasteiger partial charge in [-0.1, -0.05) is 176 Å². The van der Waals surface area contributed by atoms with Crippen LogP contribution in [-0.4, -0.2) is 9.97 Å². The van der Waals surface area contributed by atoms with E-state index in [1.807, 2.05) is 17.4 Å². The van der Waals surface area contributed by atoms with E-state index < -0.39 is 5.41 Å². The molecule has 0 radical (unpaired) electrons. The molecule has 3 heteroatoms. The topological polar surface area (TPSA) is 25.8 Å². The molecule has 0 saturated heterocycles. The molecule has 2 nitrogen and oxygen atoms in total. The summed E-state index contributed by atoms with van der Waals surface area (Å²) in [7, 11) is 0. The molecular formula is C55H34N2S. The zero-order valence-corrected chi connectivity index (χ0v) is 32.2. The normalized spacial score (nSPS) is 13.0. The summed E-state index contributed by atoms with van der Waals surface area (Å²) >= 11 is 1.92. The van der Waals surface area contributed by atoms with Crippen LogP contribution in [0.15, 0.2) is 206 Å². The molecule has 1 spiro atoms. The minimum atomic E-state index is -0.415. The molecule has 270 valence electrons. The van der Waals surface area contributed by atoms with Crippen LogP contribution in [-0.2, 0) is 5.41 Å². The Morgan fingerprint density at radius 2 is 0.879 bits per heavy atom. The summed E-state index contributed by atoms with van der Waals surface area (Å²) in [4.78, 5) is 11.9. The number of hydrogen-bond donors (Lipinski definition) is 0. The van der Waals surface area contributed by atoms with Crippen molar-refractivity contribution < 1.29 is 0 Å². The summed E-state index contributed by atoms with van der Waals surface area (Å²) in [6.07, 6.45) is 0. The van der Waals surface area contributed by atoms with Crippen LogP contribution < -0.4 is 0 Å². The molecule has 0 saturated carbocycles. The lowest BCUT2D eigenvalue weighted by Gasteiger charge is -2.30. The highest BCUT2D eigenvalue weighted by Gasteiger charge is 2.53. The number of rotatable bonds is 5. The second-order valence-corrected chi connectivity index (χ2v) is 16.3. The van der Waals surface area contributed by atoms with E-state index in [4.69, 9.17) is 9.97 Å². The van der Waals surface area contributed by atoms with Crippen molar-refractivity contribution >= 4 is 21.4 Å². The van der Waals surface area contributed by atoms with Gasteiger partial charge in [0.05, 0.1) is 16.8 Å². The fourth-order valence-electron chi connectivity index (χ4n) is 9.58. The molecule has 0 N–H and O–H groups in total. The van der Waals surface area contributed by atoms with Gasteiger partial charge in [0.1, 0.15) is 0 Å². The maximum Gasteiger partial charge on any atom is 0.160 e. The van der Waals surface area contributed by atoms with Gasteiger partial charge in [-0.25, -0.2) is 9.97 Å². The van der Waals surface area contributed by atoms with Gasteiger partial charge in [0, 0.05) is 26.3 Å². The molecule has 2 aliphatic carbocycles. The van der Waals surface area contributed by atoms with Crippen molar-refractivity contribution in [2.24, 2.45) is 0 Å². The van der Waals surface area contributed by atoms with Gasteiger partial charge < -0.3 is 0 Å². The predicted octanol–water partition coefficient (Wildman–Crippen LogP) is 14.4. The molecule has 10 aromatic rings. The van der Waals surface area contributed by atoms with Crippen LogP contribution in [0.1, 0.15) is 22.3 Å². The maximum atomic E-state index is 5.27. The molecule has 0 fully saturated rings. The maximum absolute atomic E-state index is 5.27. The Bertz CT molecular complexity index is 3190. The summed E-state index contributed by atoms with van der Waals surface area (Å²) in [5.74, 6) is 0.702. The molecule has 58 heavy (non-hydrogen) atoms. The highest BCUT2D eigenvalue weighted by molar-refractivity contribution is 7.22. The molecule has 0 aliphatic heterocycles. The second-order valence-electron chi connectivity index (χ2n) is 15.3. The average molecular weight is 755 g/mol. The molecule has 2 aliphatic rings. The third-order valence-electron chi connectivity index (χ3n) is 12.1. The van der Waals surface area contributed by atoms with Gasteiger partial charge in [-0.3, -0.25) is 0 Å². The van der Waals surface area contributed by atoms with Gasteiger partial charge in [0.25, 0.3) is 0 Å². The van der Waals surface area contributed by atoms with E-state index in [2.05, 4.69) is 200 Å². The first-order valence-electron chi connectivity index (χ1n) is 19.8. The van der Waals surface area contributed by atoms with E-state index in [0.29, 0.717) is 5.82 Å². The Balaban J connectivity index is 1.03. The largest absolute Gasteiger partial charge is 0.228 e. The van der Waals surface area contributed by atoms with Crippen molar-refractivity contribution in [1.82, 2.24) is 9.97 Å². The number of hydrogen-bond acceptors (Lipinski definition) is 3. The monoisotopic (exact) mass is 754 g/mol. The predicted molar refractivity (Wildman–Crippen MR) is 241 cm³/mol. The van der Waals surface area contributed by atoms with E-state index in [0.717, 1.165) is 39.2 Å². The first kappa shape index (κ1) is 33.0. The van der Waals surface area contributed by atoms with Crippen LogP contribution in [0.5, 0.6) is 0 Å². The smallest absolute Gasteiger partial charge is 0.160 e. The highest BCUT2D eigenvalue weighted by atomic mass is 32.1. The minimum Gasteiger partial charge on any atom is -0.228 e. The van der Waals surface area contributed by atoms with E-state index in [9.17, 15) is 0 Å². The summed E-state index contributed by atoms with van der Waals surface area (Å²) < 4.78 is 1.33. The van der Waals surface area contributed by atoms with Crippen LogP contribution in [0.25, 0.3) is 87.8 Å². The Hall–Kier alpha value is -7.20. The summed E-state index contributed by atoms with van der Waals surface area (Å²) in [6.45, 7) is 0. The highest BCUT2D eigenvalue weighted by Crippen LogP contribution is 2.66. The lowest BCUT2D eigenvalue weighted by Crippen LogP contribution is -2.25. The van der Waals surface area contributed by atoms with Crippen LogP contribution in [0.2, 0.25) is 0 Å². The van der Waals surface area contributed by atoms with Gasteiger partial charge >= 0.3 is 0 Å². The quantitative estimate of drug-likeness (QED) is 0.175. The second kappa shape index (κ2) is 12.9. The third kappa shape index (κ3) is 4.90. The Kier molecular flexibility index (Phi) is 7.35. The van der Waals surface area contributed by atoms with Gasteiger partial charge in [0.2, 0.25) is 0 Å². The zero-order valence-electron chi connectivity index (χ0n) is 31.4. The molecule has 0 bridgehead atoms. The standard InChI is InChI=1S/C55H34N2S/c1-3-15-35(16-4-1)37-19-13-21-40(31-37)50-34-49(36-17-5-2-6-18-36)56-54(57-50)41-22-14-20-38(32-41)39-29-30-44-48(33-39)55(52-45-25-9-12-28-51(45)58-53(44)52)46-26-10-7-23-42(46)43-24-8-11-27-47(43)55/h1-34H. The Labute approximate surface area is 341 Å². The third-order valence-corrected chi connectivity index (χ3v) is 13.3. The molecule has 12 rings (SSSR count). The van der Waals surface area contributed by atoms with Crippen molar-refractivity contribution in [2.45, 2.75) is 5.41 Å². The molecule has 2 heterocycles. The van der Waals surface area contributed by atoms with Crippen molar-refractivity contribution in [3.8, 4) is 77.7 Å². The van der Waals surface area contributed by atoms with E-state index >= 15 is 0 Å². The summed E-state index contributed by atoms with van der Waals surface area (Å²) in [5.41, 5.74) is 18.6. The van der Waals surface area contributed by atoms with Crippen molar-refractivity contribution in [3.05, 3.63) is 229 Å². The lowest BCUT2D eigenvalue weighted by atomic mass is 9.70. The van der Waals surface area contributed by atoms with E-state index in [-0.39, 0.29) is 0 Å². The van der Waals surface area contributed by atoms with E-state index in [1.165, 1.54) is 65.0 Å². The Morgan fingerprint density at radius 1 is 0.345 bits per heavy atom. The SMILES string of the molecule is c1ccc(-c2cccc(-c3cc(-c4ccccc4)nc(-c4cccc(-c5ccc6c(c5)C5(c7ccccc7-c7ccccc75)c5c-6sc6ccccc56)c4)n3)c2)cc1. The number of aromatic nitrogens is 2. The van der Waals surface area contributed by atoms with Gasteiger partial charge in [-0.05, 0) is 96.9 Å². The molecular weight excluding hydrogens is 721 g/mol. The van der Waals surface area contributed by atoms with Crippen LogP contribution in [0.4, 0.5) is 0 Å². The van der Waals surface area contributed by atoms with Crippen molar-refractivity contribution in [1.29, 1.82) is 0 Å². The van der Waals surface area contributed by atoms with E-state index in [1.54, 1.807) is 0 Å². The number of fused-ring (bicyclic) bond motifs is 12. The average Bonchev–Trinajstić information content (AvgIpc) is 3.93. The summed E-state index contributed by atoms with van der Waals surface area (Å²) in [6, 6.07) is 74.7. The van der Waals surface area contributed by atoms with Gasteiger partial charge in [-0.2, -0.15) is 0 Å².